The second-order valence-electron chi connectivity index (χ2n) is 5.90. The normalized spacial score (nSPS) is 24.1. The van der Waals surface area contributed by atoms with E-state index in [1.165, 1.54) is 6.26 Å². The van der Waals surface area contributed by atoms with Gasteiger partial charge in [-0.25, -0.2) is 8.42 Å². The molecule has 1 aromatic rings. The SMILES string of the molecule is CS(=O)(=O)C1CCCC1NC(CCCO)c1ccccc1. The van der Waals surface area contributed by atoms with Gasteiger partial charge in [0.15, 0.2) is 9.84 Å². The summed E-state index contributed by atoms with van der Waals surface area (Å²) in [5, 5.41) is 12.3. The van der Waals surface area contributed by atoms with Crippen molar-refractivity contribution in [3.63, 3.8) is 0 Å². The van der Waals surface area contributed by atoms with Gasteiger partial charge in [-0.05, 0) is 31.2 Å². The number of sulfone groups is 1. The Morgan fingerprint density at radius 3 is 2.62 bits per heavy atom. The summed E-state index contributed by atoms with van der Waals surface area (Å²) >= 11 is 0. The van der Waals surface area contributed by atoms with Gasteiger partial charge in [-0.3, -0.25) is 0 Å². The molecule has 3 atom stereocenters. The molecule has 4 nitrogen and oxygen atoms in total. The molecule has 0 bridgehead atoms. The van der Waals surface area contributed by atoms with Gasteiger partial charge in [-0.2, -0.15) is 0 Å². The van der Waals surface area contributed by atoms with Gasteiger partial charge in [0.25, 0.3) is 0 Å². The number of aliphatic hydroxyl groups excluding tert-OH is 1. The van der Waals surface area contributed by atoms with E-state index in [9.17, 15) is 8.42 Å². The fourth-order valence-corrected chi connectivity index (χ4v) is 4.62. The maximum atomic E-state index is 11.9. The lowest BCUT2D eigenvalue weighted by molar-refractivity contribution is 0.271. The molecule has 1 aliphatic rings. The number of hydrogen-bond acceptors (Lipinski definition) is 4. The van der Waals surface area contributed by atoms with Crippen LogP contribution >= 0.6 is 0 Å². The summed E-state index contributed by atoms with van der Waals surface area (Å²) in [5.41, 5.74) is 1.16. The number of nitrogens with one attached hydrogen (secondary N) is 1. The number of aliphatic hydroxyl groups is 1. The van der Waals surface area contributed by atoms with E-state index in [0.29, 0.717) is 6.42 Å². The molecule has 2 N–H and O–H groups in total. The van der Waals surface area contributed by atoms with E-state index < -0.39 is 9.84 Å². The van der Waals surface area contributed by atoms with Crippen LogP contribution in [0.3, 0.4) is 0 Å². The Hall–Kier alpha value is -0.910. The van der Waals surface area contributed by atoms with Crippen LogP contribution in [0.4, 0.5) is 0 Å². The van der Waals surface area contributed by atoms with Crippen LogP contribution in [-0.2, 0) is 9.84 Å². The maximum Gasteiger partial charge on any atom is 0.151 e. The van der Waals surface area contributed by atoms with E-state index in [4.69, 9.17) is 5.11 Å². The van der Waals surface area contributed by atoms with Crippen molar-refractivity contribution < 1.29 is 13.5 Å². The first-order valence-electron chi connectivity index (χ1n) is 7.63. The average Bonchev–Trinajstić information content (AvgIpc) is 2.92. The van der Waals surface area contributed by atoms with Crippen molar-refractivity contribution in [2.45, 2.75) is 49.4 Å². The highest BCUT2D eigenvalue weighted by Crippen LogP contribution is 2.29. The summed E-state index contributed by atoms with van der Waals surface area (Å²) in [7, 11) is -3.01. The molecule has 1 aliphatic carbocycles. The van der Waals surface area contributed by atoms with Crippen molar-refractivity contribution in [3.05, 3.63) is 35.9 Å². The summed E-state index contributed by atoms with van der Waals surface area (Å²) in [6.07, 6.45) is 5.47. The van der Waals surface area contributed by atoms with E-state index in [2.05, 4.69) is 17.4 Å². The van der Waals surface area contributed by atoms with Gasteiger partial charge in [-0.1, -0.05) is 36.8 Å². The molecule has 0 amide bonds. The van der Waals surface area contributed by atoms with Crippen molar-refractivity contribution in [2.75, 3.05) is 12.9 Å². The van der Waals surface area contributed by atoms with Crippen LogP contribution in [-0.4, -0.2) is 37.7 Å². The number of benzene rings is 1. The maximum absolute atomic E-state index is 11.9. The first kappa shape index (κ1) is 16.5. The Labute approximate surface area is 127 Å². The van der Waals surface area contributed by atoms with Crippen LogP contribution in [0, 0.1) is 0 Å². The number of rotatable bonds is 7. The highest BCUT2D eigenvalue weighted by Gasteiger charge is 2.35. The topological polar surface area (TPSA) is 66.4 Å². The summed E-state index contributed by atoms with van der Waals surface area (Å²) in [6, 6.07) is 10.2. The minimum atomic E-state index is -3.01. The molecule has 2 rings (SSSR count). The summed E-state index contributed by atoms with van der Waals surface area (Å²) in [5.74, 6) is 0. The van der Waals surface area contributed by atoms with Crippen LogP contribution in [0.1, 0.15) is 43.7 Å². The molecule has 0 heterocycles. The van der Waals surface area contributed by atoms with E-state index >= 15 is 0 Å². The lowest BCUT2D eigenvalue weighted by Crippen LogP contribution is -2.41. The Kier molecular flexibility index (Phi) is 5.79. The van der Waals surface area contributed by atoms with Crippen LogP contribution in [0.15, 0.2) is 30.3 Å². The molecule has 1 saturated carbocycles. The zero-order chi connectivity index (χ0) is 15.3. The van der Waals surface area contributed by atoms with Crippen LogP contribution < -0.4 is 5.32 Å². The fraction of sp³-hybridized carbons (Fsp3) is 0.625. The molecular weight excluding hydrogens is 286 g/mol. The first-order valence-corrected chi connectivity index (χ1v) is 9.58. The van der Waals surface area contributed by atoms with E-state index in [-0.39, 0.29) is 23.9 Å². The molecule has 118 valence electrons. The Morgan fingerprint density at radius 1 is 1.29 bits per heavy atom. The molecule has 0 spiro atoms. The summed E-state index contributed by atoms with van der Waals surface area (Å²) < 4.78 is 23.8. The number of hydrogen-bond donors (Lipinski definition) is 2. The Bertz CT molecular complexity index is 530. The predicted molar refractivity (Wildman–Crippen MR) is 84.9 cm³/mol. The minimum absolute atomic E-state index is 0.0175. The van der Waals surface area contributed by atoms with Gasteiger partial charge < -0.3 is 10.4 Å². The fourth-order valence-electron chi connectivity index (χ4n) is 3.21. The molecule has 0 radical (unpaired) electrons. The lowest BCUT2D eigenvalue weighted by Gasteiger charge is -2.27. The van der Waals surface area contributed by atoms with Gasteiger partial charge in [0.2, 0.25) is 0 Å². The zero-order valence-corrected chi connectivity index (χ0v) is 13.3. The van der Waals surface area contributed by atoms with Crippen molar-refractivity contribution in [3.8, 4) is 0 Å². The van der Waals surface area contributed by atoms with E-state index in [1.54, 1.807) is 0 Å². The molecule has 3 unspecified atom stereocenters. The zero-order valence-electron chi connectivity index (χ0n) is 12.5. The van der Waals surface area contributed by atoms with E-state index in [0.717, 1.165) is 31.2 Å². The van der Waals surface area contributed by atoms with Gasteiger partial charge in [-0.15, -0.1) is 0 Å². The molecule has 1 aromatic carbocycles. The highest BCUT2D eigenvalue weighted by atomic mass is 32.2. The molecule has 0 saturated heterocycles. The van der Waals surface area contributed by atoms with Crippen molar-refractivity contribution in [1.82, 2.24) is 5.32 Å². The molecule has 5 heteroatoms. The highest BCUT2D eigenvalue weighted by molar-refractivity contribution is 7.91. The van der Waals surface area contributed by atoms with Crippen LogP contribution in [0.5, 0.6) is 0 Å². The smallest absolute Gasteiger partial charge is 0.151 e. The first-order chi connectivity index (χ1) is 10.0. The van der Waals surface area contributed by atoms with Crippen molar-refractivity contribution in [2.24, 2.45) is 0 Å². The second-order valence-corrected chi connectivity index (χ2v) is 8.17. The quantitative estimate of drug-likeness (QED) is 0.809. The van der Waals surface area contributed by atoms with Crippen LogP contribution in [0.2, 0.25) is 0 Å². The van der Waals surface area contributed by atoms with Gasteiger partial charge in [0, 0.05) is 24.9 Å². The Morgan fingerprint density at radius 2 is 2.00 bits per heavy atom. The third-order valence-corrected chi connectivity index (χ3v) is 5.93. The molecule has 0 aliphatic heterocycles. The lowest BCUT2D eigenvalue weighted by atomic mass is 10.0. The second kappa shape index (κ2) is 7.38. The molecule has 21 heavy (non-hydrogen) atoms. The average molecular weight is 311 g/mol. The van der Waals surface area contributed by atoms with Crippen LogP contribution in [0.25, 0.3) is 0 Å². The standard InChI is InChI=1S/C16H25NO3S/c1-21(19,20)16-11-5-9-15(16)17-14(10-6-12-18)13-7-3-2-4-8-13/h2-4,7-8,14-18H,5-6,9-12H2,1H3. The third-order valence-electron chi connectivity index (χ3n) is 4.27. The van der Waals surface area contributed by atoms with Gasteiger partial charge in [0.1, 0.15) is 0 Å². The monoisotopic (exact) mass is 311 g/mol. The molecule has 1 fully saturated rings. The largest absolute Gasteiger partial charge is 0.396 e. The van der Waals surface area contributed by atoms with Gasteiger partial charge in [0.05, 0.1) is 5.25 Å². The molecule has 0 aromatic heterocycles. The predicted octanol–water partition coefficient (Wildman–Crippen LogP) is 2.06. The minimum Gasteiger partial charge on any atom is -0.396 e. The van der Waals surface area contributed by atoms with E-state index in [1.807, 2.05) is 18.2 Å². The van der Waals surface area contributed by atoms with Crippen molar-refractivity contribution >= 4 is 9.84 Å². The summed E-state index contributed by atoms with van der Waals surface area (Å²) in [4.78, 5) is 0. The van der Waals surface area contributed by atoms with Crippen molar-refractivity contribution in [1.29, 1.82) is 0 Å². The third kappa shape index (κ3) is 4.53. The Balaban J connectivity index is 2.11. The molecular formula is C16H25NO3S. The summed E-state index contributed by atoms with van der Waals surface area (Å²) in [6.45, 7) is 0.158. The van der Waals surface area contributed by atoms with Gasteiger partial charge >= 0.3 is 0 Å².